The van der Waals surface area contributed by atoms with Gasteiger partial charge >= 0.3 is 11.9 Å². The largest absolute Gasteiger partial charge is 0.481 e. The number of carboxylic acid groups (broad SMARTS) is 2. The van der Waals surface area contributed by atoms with E-state index in [0.717, 1.165) is 32.1 Å². The van der Waals surface area contributed by atoms with Crippen LogP contribution in [0.15, 0.2) is 0 Å². The summed E-state index contributed by atoms with van der Waals surface area (Å²) < 4.78 is 0. The molecule has 0 saturated carbocycles. The van der Waals surface area contributed by atoms with Gasteiger partial charge in [-0.2, -0.15) is 5.06 Å². The third-order valence-electron chi connectivity index (χ3n) is 5.06. The molecule has 0 radical (unpaired) electrons. The van der Waals surface area contributed by atoms with Gasteiger partial charge in [-0.05, 0) is 38.5 Å². The SMILES string of the molecule is CCCCCC[C@@]1(C(=O)O)CCCN1OCCCC(CC)C(=O)O. The molecule has 2 N–H and O–H groups in total. The van der Waals surface area contributed by atoms with Crippen molar-refractivity contribution in [2.75, 3.05) is 13.2 Å². The zero-order chi connectivity index (χ0) is 18.0. The van der Waals surface area contributed by atoms with Gasteiger partial charge in [0.25, 0.3) is 0 Å². The van der Waals surface area contributed by atoms with E-state index in [1.165, 1.54) is 0 Å². The summed E-state index contributed by atoms with van der Waals surface area (Å²) in [5, 5.41) is 20.5. The molecule has 0 bridgehead atoms. The molecule has 2 atom stereocenters. The van der Waals surface area contributed by atoms with Crippen LogP contribution in [0.5, 0.6) is 0 Å². The first-order valence-corrected chi connectivity index (χ1v) is 9.34. The summed E-state index contributed by atoms with van der Waals surface area (Å²) in [7, 11) is 0. The second kappa shape index (κ2) is 10.7. The third-order valence-corrected chi connectivity index (χ3v) is 5.06. The molecule has 1 rings (SSSR count). The quantitative estimate of drug-likeness (QED) is 0.496. The van der Waals surface area contributed by atoms with Crippen molar-refractivity contribution in [1.29, 1.82) is 0 Å². The fraction of sp³-hybridized carbons (Fsp3) is 0.889. The zero-order valence-electron chi connectivity index (χ0n) is 15.1. The van der Waals surface area contributed by atoms with Crippen molar-refractivity contribution in [3.8, 4) is 0 Å². The van der Waals surface area contributed by atoms with Crippen molar-refractivity contribution in [2.45, 2.75) is 83.6 Å². The van der Waals surface area contributed by atoms with E-state index in [4.69, 9.17) is 9.94 Å². The van der Waals surface area contributed by atoms with Gasteiger partial charge in [0.2, 0.25) is 0 Å². The van der Waals surface area contributed by atoms with Crippen molar-refractivity contribution in [1.82, 2.24) is 5.06 Å². The lowest BCUT2D eigenvalue weighted by molar-refractivity contribution is -0.217. The van der Waals surface area contributed by atoms with Crippen molar-refractivity contribution in [2.24, 2.45) is 5.92 Å². The molecule has 1 saturated heterocycles. The lowest BCUT2D eigenvalue weighted by atomic mass is 9.90. The number of rotatable bonds is 13. The number of hydroxylamine groups is 2. The summed E-state index contributed by atoms with van der Waals surface area (Å²) in [5.74, 6) is -1.91. The molecule has 0 aromatic rings. The Morgan fingerprint density at radius 2 is 1.92 bits per heavy atom. The van der Waals surface area contributed by atoms with Crippen LogP contribution in [0.3, 0.4) is 0 Å². The van der Waals surface area contributed by atoms with Gasteiger partial charge in [0.05, 0.1) is 12.5 Å². The highest BCUT2D eigenvalue weighted by molar-refractivity contribution is 5.79. The minimum Gasteiger partial charge on any atom is -0.481 e. The average Bonchev–Trinajstić information content (AvgIpc) is 2.95. The summed E-state index contributed by atoms with van der Waals surface area (Å²) in [6, 6.07) is 0. The summed E-state index contributed by atoms with van der Waals surface area (Å²) >= 11 is 0. The van der Waals surface area contributed by atoms with E-state index >= 15 is 0 Å². The Morgan fingerprint density at radius 3 is 2.50 bits per heavy atom. The Labute approximate surface area is 145 Å². The van der Waals surface area contributed by atoms with Crippen molar-refractivity contribution in [3.05, 3.63) is 0 Å². The molecule has 1 aliphatic heterocycles. The van der Waals surface area contributed by atoms with E-state index in [1.54, 1.807) is 5.06 Å². The molecule has 0 amide bonds. The average molecular weight is 343 g/mol. The van der Waals surface area contributed by atoms with Crippen LogP contribution in [-0.4, -0.2) is 45.9 Å². The smallest absolute Gasteiger partial charge is 0.326 e. The molecule has 1 unspecified atom stereocenters. The van der Waals surface area contributed by atoms with Crippen molar-refractivity contribution >= 4 is 11.9 Å². The van der Waals surface area contributed by atoms with E-state index in [1.807, 2.05) is 6.92 Å². The first-order chi connectivity index (χ1) is 11.5. The molecule has 1 aliphatic rings. The van der Waals surface area contributed by atoms with Gasteiger partial charge in [0, 0.05) is 6.54 Å². The third kappa shape index (κ3) is 5.74. The van der Waals surface area contributed by atoms with E-state index in [2.05, 4.69) is 6.92 Å². The molecule has 1 heterocycles. The molecule has 1 fully saturated rings. The Bertz CT molecular complexity index is 401. The summed E-state index contributed by atoms with van der Waals surface area (Å²) in [6.45, 7) is 5.02. The highest BCUT2D eigenvalue weighted by atomic mass is 16.7. The Kier molecular flexibility index (Phi) is 9.29. The molecule has 0 aromatic heterocycles. The lowest BCUT2D eigenvalue weighted by Crippen LogP contribution is -2.50. The van der Waals surface area contributed by atoms with Gasteiger partial charge in [0.15, 0.2) is 0 Å². The van der Waals surface area contributed by atoms with Crippen LogP contribution in [0, 0.1) is 5.92 Å². The first kappa shape index (κ1) is 20.9. The van der Waals surface area contributed by atoms with Gasteiger partial charge in [0.1, 0.15) is 5.54 Å². The minimum atomic E-state index is -0.898. The second-order valence-electron chi connectivity index (χ2n) is 6.77. The summed E-state index contributed by atoms with van der Waals surface area (Å²) in [4.78, 5) is 28.7. The molecule has 0 spiro atoms. The predicted molar refractivity (Wildman–Crippen MR) is 91.7 cm³/mol. The molecular formula is C18H33NO5. The zero-order valence-corrected chi connectivity index (χ0v) is 15.1. The summed E-state index contributed by atoms with van der Waals surface area (Å²) in [5.41, 5.74) is -0.898. The monoisotopic (exact) mass is 343 g/mol. The Hall–Kier alpha value is -1.14. The number of carboxylic acids is 2. The molecule has 24 heavy (non-hydrogen) atoms. The molecule has 0 aromatic carbocycles. The van der Waals surface area contributed by atoms with Crippen LogP contribution < -0.4 is 0 Å². The van der Waals surface area contributed by atoms with Crippen LogP contribution in [0.25, 0.3) is 0 Å². The standard InChI is InChI=1S/C18H33NO5/c1-3-5-6-7-11-18(17(22)23)12-9-13-19(18)24-14-8-10-15(4-2)16(20)21/h15H,3-14H2,1-2H3,(H,20,21)(H,22,23)/t15?,18-/m0/s1. The van der Waals surface area contributed by atoms with E-state index in [-0.39, 0.29) is 5.92 Å². The number of nitrogens with zero attached hydrogens (tertiary/aromatic N) is 1. The van der Waals surface area contributed by atoms with Gasteiger partial charge in [-0.1, -0.05) is 39.5 Å². The summed E-state index contributed by atoms with van der Waals surface area (Å²) in [6.07, 6.45) is 8.08. The molecule has 0 aliphatic carbocycles. The highest BCUT2D eigenvalue weighted by Crippen LogP contribution is 2.35. The molecule has 6 heteroatoms. The van der Waals surface area contributed by atoms with Gasteiger partial charge in [-0.15, -0.1) is 0 Å². The minimum absolute atomic E-state index is 0.342. The van der Waals surface area contributed by atoms with Gasteiger partial charge in [-0.3, -0.25) is 14.4 Å². The topological polar surface area (TPSA) is 87.1 Å². The molecular weight excluding hydrogens is 310 g/mol. The normalized spacial score (nSPS) is 22.6. The van der Waals surface area contributed by atoms with Crippen LogP contribution in [0.4, 0.5) is 0 Å². The second-order valence-corrected chi connectivity index (χ2v) is 6.77. The number of hydrogen-bond donors (Lipinski definition) is 2. The van der Waals surface area contributed by atoms with Crippen molar-refractivity contribution in [3.63, 3.8) is 0 Å². The molecule has 140 valence electrons. The van der Waals surface area contributed by atoms with Crippen molar-refractivity contribution < 1.29 is 24.6 Å². The predicted octanol–water partition coefficient (Wildman–Crippen LogP) is 3.70. The van der Waals surface area contributed by atoms with Gasteiger partial charge < -0.3 is 10.2 Å². The highest BCUT2D eigenvalue weighted by Gasteiger charge is 2.48. The van der Waals surface area contributed by atoms with E-state index in [9.17, 15) is 14.7 Å². The lowest BCUT2D eigenvalue weighted by Gasteiger charge is -2.34. The number of unbranched alkanes of at least 4 members (excludes halogenated alkanes) is 3. The van der Waals surface area contributed by atoms with Crippen LogP contribution in [0.2, 0.25) is 0 Å². The number of aliphatic carboxylic acids is 2. The van der Waals surface area contributed by atoms with Crippen LogP contribution >= 0.6 is 0 Å². The van der Waals surface area contributed by atoms with E-state index < -0.39 is 17.5 Å². The maximum atomic E-state index is 11.9. The fourth-order valence-electron chi connectivity index (χ4n) is 3.46. The number of carbonyl (C=O) groups is 2. The maximum absolute atomic E-state index is 11.9. The first-order valence-electron chi connectivity index (χ1n) is 9.34. The van der Waals surface area contributed by atoms with Crippen LogP contribution in [0.1, 0.15) is 78.1 Å². The Morgan fingerprint density at radius 1 is 1.17 bits per heavy atom. The fourth-order valence-corrected chi connectivity index (χ4v) is 3.46. The molecule has 6 nitrogen and oxygen atoms in total. The maximum Gasteiger partial charge on any atom is 0.326 e. The van der Waals surface area contributed by atoms with Gasteiger partial charge in [-0.25, -0.2) is 0 Å². The van der Waals surface area contributed by atoms with E-state index in [0.29, 0.717) is 45.3 Å². The van der Waals surface area contributed by atoms with Crippen LogP contribution in [-0.2, 0) is 14.4 Å². The Balaban J connectivity index is 2.48. The number of hydrogen-bond acceptors (Lipinski definition) is 4.